The summed E-state index contributed by atoms with van der Waals surface area (Å²) in [7, 11) is 0. The van der Waals surface area contributed by atoms with Crippen LogP contribution >= 0.6 is 0 Å². The predicted molar refractivity (Wildman–Crippen MR) is 122 cm³/mol. The number of pyridine rings is 1. The molecule has 1 aromatic heterocycles. The van der Waals surface area contributed by atoms with Crippen LogP contribution in [0.5, 0.6) is 0 Å². The molecular formula is C26H24F3N3. The van der Waals surface area contributed by atoms with Crippen LogP contribution in [0, 0.1) is 12.8 Å². The lowest BCUT2D eigenvalue weighted by atomic mass is 9.78. The lowest BCUT2D eigenvalue weighted by Crippen LogP contribution is -2.48. The van der Waals surface area contributed by atoms with Crippen LogP contribution in [-0.2, 0) is 6.18 Å². The third kappa shape index (κ3) is 3.00. The van der Waals surface area contributed by atoms with Crippen LogP contribution in [0.15, 0.2) is 73.4 Å². The Hall–Kier alpha value is -3.28. The van der Waals surface area contributed by atoms with E-state index in [1.807, 2.05) is 60.4 Å². The topological polar surface area (TPSA) is 19.4 Å². The molecule has 0 amide bonds. The van der Waals surface area contributed by atoms with Crippen LogP contribution in [0.4, 0.5) is 36.1 Å². The van der Waals surface area contributed by atoms with E-state index in [1.165, 1.54) is 11.6 Å². The van der Waals surface area contributed by atoms with Gasteiger partial charge in [0.1, 0.15) is 6.17 Å². The number of fused-ring (bicyclic) bond motifs is 5. The minimum atomic E-state index is -4.46. The van der Waals surface area contributed by atoms with Crippen LogP contribution in [-0.4, -0.2) is 11.1 Å². The summed E-state index contributed by atoms with van der Waals surface area (Å²) in [6, 6.07) is 17.2. The molecule has 2 aromatic carbocycles. The van der Waals surface area contributed by atoms with Gasteiger partial charge in [0, 0.05) is 23.5 Å². The maximum Gasteiger partial charge on any atom is 0.417 e. The van der Waals surface area contributed by atoms with Crippen LogP contribution < -0.4 is 9.80 Å². The standard InChI is InChI=1S/C26H24F3N3/c1-4-9-19-17(3)25-31(21-12-7-5-10-16(21)2)23-14-18(26(27,28)29)15-30-24(23)32(25)22-13-8-6-11-20(19)22/h4-8,10-15,17,19,25H,1,9H2,2-3H3. The first-order valence-corrected chi connectivity index (χ1v) is 10.7. The third-order valence-electron chi connectivity index (χ3n) is 6.69. The zero-order valence-corrected chi connectivity index (χ0v) is 18.0. The fourth-order valence-electron chi connectivity index (χ4n) is 5.21. The van der Waals surface area contributed by atoms with Crippen molar-refractivity contribution in [2.45, 2.75) is 38.5 Å². The van der Waals surface area contributed by atoms with E-state index in [0.29, 0.717) is 11.5 Å². The first kappa shape index (κ1) is 20.6. The molecule has 0 aliphatic carbocycles. The molecule has 32 heavy (non-hydrogen) atoms. The van der Waals surface area contributed by atoms with Gasteiger partial charge in [-0.2, -0.15) is 13.2 Å². The Bertz CT molecular complexity index is 1190. The molecule has 3 atom stereocenters. The average Bonchev–Trinajstić information content (AvgIpc) is 3.11. The number of anilines is 4. The van der Waals surface area contributed by atoms with Gasteiger partial charge in [-0.05, 0) is 48.6 Å². The molecule has 2 aliphatic heterocycles. The number of allylic oxidation sites excluding steroid dienone is 1. The second-order valence-corrected chi connectivity index (χ2v) is 8.55. The normalized spacial score (nSPS) is 21.7. The van der Waals surface area contributed by atoms with Crippen molar-refractivity contribution in [1.29, 1.82) is 0 Å². The zero-order valence-electron chi connectivity index (χ0n) is 18.0. The SMILES string of the molecule is C=CCC1c2ccccc2N2c3ncc(C(F)(F)F)cc3N(c3ccccc3C)C2C1C. The molecule has 0 bridgehead atoms. The van der Waals surface area contributed by atoms with Gasteiger partial charge in [-0.15, -0.1) is 6.58 Å². The second-order valence-electron chi connectivity index (χ2n) is 8.55. The Balaban J connectivity index is 1.79. The highest BCUT2D eigenvalue weighted by atomic mass is 19.4. The maximum atomic E-state index is 13.6. The summed E-state index contributed by atoms with van der Waals surface area (Å²) in [6.07, 6.45) is -0.991. The second kappa shape index (κ2) is 7.40. The molecule has 3 aromatic rings. The van der Waals surface area contributed by atoms with Crippen LogP contribution in [0.1, 0.15) is 36.0 Å². The maximum absolute atomic E-state index is 13.6. The number of aryl methyl sites for hydroxylation is 1. The van der Waals surface area contributed by atoms with E-state index < -0.39 is 11.7 Å². The number of hydrogen-bond donors (Lipinski definition) is 0. The van der Waals surface area contributed by atoms with Crippen molar-refractivity contribution in [2.75, 3.05) is 9.80 Å². The molecule has 3 unspecified atom stereocenters. The van der Waals surface area contributed by atoms with Crippen molar-refractivity contribution in [1.82, 2.24) is 4.98 Å². The van der Waals surface area contributed by atoms with E-state index in [9.17, 15) is 13.2 Å². The van der Waals surface area contributed by atoms with Gasteiger partial charge in [-0.3, -0.25) is 0 Å². The highest BCUT2D eigenvalue weighted by Gasteiger charge is 2.49. The molecule has 2 aliphatic rings. The number of halogens is 3. The van der Waals surface area contributed by atoms with Crippen LogP contribution in [0.3, 0.4) is 0 Å². The molecule has 0 saturated heterocycles. The Morgan fingerprint density at radius 2 is 1.69 bits per heavy atom. The van der Waals surface area contributed by atoms with Crippen molar-refractivity contribution in [3.8, 4) is 0 Å². The van der Waals surface area contributed by atoms with Crippen molar-refractivity contribution < 1.29 is 13.2 Å². The molecular weight excluding hydrogens is 411 g/mol. The largest absolute Gasteiger partial charge is 0.417 e. The number of nitrogens with zero attached hydrogens (tertiary/aromatic N) is 3. The Labute approximate surface area is 185 Å². The van der Waals surface area contributed by atoms with E-state index in [4.69, 9.17) is 0 Å². The summed E-state index contributed by atoms with van der Waals surface area (Å²) in [6.45, 7) is 8.11. The Morgan fingerprint density at radius 1 is 1.00 bits per heavy atom. The number of rotatable bonds is 3. The first-order valence-electron chi connectivity index (χ1n) is 10.7. The minimum Gasteiger partial charge on any atom is -0.316 e. The van der Waals surface area contributed by atoms with Crippen LogP contribution in [0.25, 0.3) is 0 Å². The lowest BCUT2D eigenvalue weighted by molar-refractivity contribution is -0.137. The summed E-state index contributed by atoms with van der Waals surface area (Å²) in [5.41, 5.74) is 3.82. The van der Waals surface area contributed by atoms with E-state index >= 15 is 0 Å². The molecule has 6 heteroatoms. The van der Waals surface area contributed by atoms with Crippen molar-refractivity contribution >= 4 is 22.9 Å². The summed E-state index contributed by atoms with van der Waals surface area (Å²) in [5.74, 6) is 0.876. The molecule has 0 spiro atoms. The molecule has 3 nitrogen and oxygen atoms in total. The van der Waals surface area contributed by atoms with E-state index in [0.717, 1.165) is 29.6 Å². The van der Waals surface area contributed by atoms with Gasteiger partial charge in [0.25, 0.3) is 0 Å². The van der Waals surface area contributed by atoms with Crippen LogP contribution in [0.2, 0.25) is 0 Å². The smallest absolute Gasteiger partial charge is 0.316 e. The summed E-state index contributed by atoms with van der Waals surface area (Å²) < 4.78 is 40.9. The van der Waals surface area contributed by atoms with E-state index in [-0.39, 0.29) is 18.0 Å². The molecule has 0 N–H and O–H groups in total. The zero-order chi connectivity index (χ0) is 22.6. The third-order valence-corrected chi connectivity index (χ3v) is 6.69. The summed E-state index contributed by atoms with van der Waals surface area (Å²) in [4.78, 5) is 8.52. The van der Waals surface area contributed by atoms with Gasteiger partial charge in [-0.25, -0.2) is 4.98 Å². The number of aromatic nitrogens is 1. The minimum absolute atomic E-state index is 0.117. The summed E-state index contributed by atoms with van der Waals surface area (Å²) >= 11 is 0. The quantitative estimate of drug-likeness (QED) is 0.401. The highest BCUT2D eigenvalue weighted by molar-refractivity contribution is 5.89. The summed E-state index contributed by atoms with van der Waals surface area (Å²) in [5, 5.41) is 0. The molecule has 3 heterocycles. The van der Waals surface area contributed by atoms with Crippen molar-refractivity contribution in [3.63, 3.8) is 0 Å². The monoisotopic (exact) mass is 435 g/mol. The van der Waals surface area contributed by atoms with E-state index in [2.05, 4.69) is 29.5 Å². The molecule has 0 fully saturated rings. The van der Waals surface area contributed by atoms with Gasteiger partial charge < -0.3 is 9.80 Å². The Kier molecular flexibility index (Phi) is 4.77. The van der Waals surface area contributed by atoms with Gasteiger partial charge >= 0.3 is 6.18 Å². The molecule has 0 saturated carbocycles. The highest BCUT2D eigenvalue weighted by Crippen LogP contribution is 2.56. The lowest BCUT2D eigenvalue weighted by Gasteiger charge is -2.45. The fraction of sp³-hybridized carbons (Fsp3) is 0.269. The van der Waals surface area contributed by atoms with Crippen molar-refractivity contribution in [3.05, 3.63) is 90.1 Å². The average molecular weight is 435 g/mol. The van der Waals surface area contributed by atoms with Gasteiger partial charge in [0.05, 0.1) is 11.3 Å². The van der Waals surface area contributed by atoms with Crippen molar-refractivity contribution in [2.24, 2.45) is 5.92 Å². The van der Waals surface area contributed by atoms with Gasteiger partial charge in [-0.1, -0.05) is 49.4 Å². The molecule has 5 rings (SSSR count). The fourth-order valence-corrected chi connectivity index (χ4v) is 5.21. The van der Waals surface area contributed by atoms with E-state index in [1.54, 1.807) is 0 Å². The number of para-hydroxylation sites is 2. The number of hydrogen-bond acceptors (Lipinski definition) is 3. The Morgan fingerprint density at radius 3 is 2.38 bits per heavy atom. The molecule has 164 valence electrons. The van der Waals surface area contributed by atoms with Gasteiger partial charge in [0.2, 0.25) is 0 Å². The van der Waals surface area contributed by atoms with Gasteiger partial charge in [0.15, 0.2) is 5.82 Å². The number of benzene rings is 2. The first-order chi connectivity index (χ1) is 15.3. The predicted octanol–water partition coefficient (Wildman–Crippen LogP) is 7.33. The molecule has 0 radical (unpaired) electrons. The number of alkyl halides is 3.